The van der Waals surface area contributed by atoms with Crippen molar-refractivity contribution in [2.24, 2.45) is 5.73 Å². The predicted molar refractivity (Wildman–Crippen MR) is 76.6 cm³/mol. The van der Waals surface area contributed by atoms with Crippen molar-refractivity contribution >= 4 is 34.9 Å². The van der Waals surface area contributed by atoms with E-state index in [1.54, 1.807) is 6.07 Å². The Balaban J connectivity index is 2.23. The quantitative estimate of drug-likeness (QED) is 0.655. The van der Waals surface area contributed by atoms with E-state index in [-0.39, 0.29) is 5.84 Å². The van der Waals surface area contributed by atoms with Crippen LogP contribution >= 0.6 is 23.4 Å². The highest BCUT2D eigenvalue weighted by atomic mass is 35.5. The van der Waals surface area contributed by atoms with Gasteiger partial charge in [0.05, 0.1) is 10.7 Å². The summed E-state index contributed by atoms with van der Waals surface area (Å²) in [6.07, 6.45) is 1.20. The number of nitrogen functional groups attached to an aromatic ring is 1. The van der Waals surface area contributed by atoms with Gasteiger partial charge >= 0.3 is 0 Å². The largest absolute Gasteiger partial charge is 0.384 e. The van der Waals surface area contributed by atoms with Crippen LogP contribution in [0.3, 0.4) is 0 Å². The molecule has 0 spiro atoms. The number of hydrogen-bond acceptors (Lipinski definition) is 3. The van der Waals surface area contributed by atoms with Crippen molar-refractivity contribution in [2.75, 3.05) is 23.5 Å². The molecule has 1 saturated heterocycles. The smallest absolute Gasteiger partial charge is 0.122 e. The number of amidine groups is 1. The molecule has 1 aromatic rings. The number of anilines is 1. The molecule has 92 valence electrons. The summed E-state index contributed by atoms with van der Waals surface area (Å²) in [5.41, 5.74) is 7.13. The van der Waals surface area contributed by atoms with E-state index in [4.69, 9.17) is 22.7 Å². The van der Waals surface area contributed by atoms with Gasteiger partial charge in [-0.25, -0.2) is 0 Å². The first-order valence-corrected chi connectivity index (χ1v) is 7.07. The van der Waals surface area contributed by atoms with E-state index >= 15 is 0 Å². The van der Waals surface area contributed by atoms with Crippen molar-refractivity contribution in [3.8, 4) is 0 Å². The molecule has 1 atom stereocenters. The summed E-state index contributed by atoms with van der Waals surface area (Å²) in [4.78, 5) is 2.23. The van der Waals surface area contributed by atoms with Crippen LogP contribution in [-0.2, 0) is 0 Å². The highest BCUT2D eigenvalue weighted by molar-refractivity contribution is 7.99. The Hall–Kier alpha value is -0.870. The molecule has 0 bridgehead atoms. The normalized spacial score (nSPS) is 19.3. The Bertz CT molecular complexity index is 430. The Morgan fingerprint density at radius 3 is 2.88 bits per heavy atom. The summed E-state index contributed by atoms with van der Waals surface area (Å²) < 4.78 is 0. The molecule has 1 unspecified atom stereocenters. The molecule has 0 saturated carbocycles. The number of halogens is 1. The predicted octanol–water partition coefficient (Wildman–Crippen LogP) is 2.57. The van der Waals surface area contributed by atoms with Crippen molar-refractivity contribution < 1.29 is 0 Å². The van der Waals surface area contributed by atoms with Gasteiger partial charge in [0.15, 0.2) is 0 Å². The lowest BCUT2D eigenvalue weighted by Crippen LogP contribution is -2.31. The van der Waals surface area contributed by atoms with Crippen molar-refractivity contribution in [2.45, 2.75) is 12.5 Å². The maximum absolute atomic E-state index is 7.38. The van der Waals surface area contributed by atoms with Gasteiger partial charge in [-0.2, -0.15) is 11.8 Å². The Morgan fingerprint density at radius 1 is 1.59 bits per heavy atom. The maximum atomic E-state index is 7.38. The van der Waals surface area contributed by atoms with Crippen LogP contribution in [0.2, 0.25) is 5.02 Å². The van der Waals surface area contributed by atoms with Crippen LogP contribution in [0, 0.1) is 5.41 Å². The van der Waals surface area contributed by atoms with Crippen LogP contribution in [-0.4, -0.2) is 30.4 Å². The molecule has 3 N–H and O–H groups in total. The summed E-state index contributed by atoms with van der Waals surface area (Å²) >= 11 is 8.23. The molecule has 1 heterocycles. The van der Waals surface area contributed by atoms with Gasteiger partial charge < -0.3 is 10.6 Å². The van der Waals surface area contributed by atoms with Gasteiger partial charge in [-0.15, -0.1) is 0 Å². The number of nitrogens with two attached hydrogens (primary N) is 1. The van der Waals surface area contributed by atoms with Crippen LogP contribution < -0.4 is 10.6 Å². The number of thioether (sulfide) groups is 1. The fraction of sp³-hybridized carbons (Fsp3) is 0.417. The number of nitrogens with zero attached hydrogens (tertiary/aromatic N) is 1. The van der Waals surface area contributed by atoms with Crippen molar-refractivity contribution in [3.63, 3.8) is 0 Å². The van der Waals surface area contributed by atoms with Crippen LogP contribution in [0.1, 0.15) is 12.0 Å². The van der Waals surface area contributed by atoms with Crippen molar-refractivity contribution in [1.29, 1.82) is 5.41 Å². The first-order valence-electron chi connectivity index (χ1n) is 5.54. The molecule has 3 nitrogen and oxygen atoms in total. The standard InChI is InChI=1S/C12H16ClN3S/c1-16(9-4-5-17-7-9)11-3-2-8(12(14)15)6-10(11)13/h2-3,6,9H,4-5,7H2,1H3,(H3,14,15). The summed E-state index contributed by atoms with van der Waals surface area (Å²) in [5, 5.41) is 8.04. The minimum atomic E-state index is 0.0533. The molecule has 1 fully saturated rings. The van der Waals surface area contributed by atoms with Gasteiger partial charge in [-0.1, -0.05) is 11.6 Å². The van der Waals surface area contributed by atoms with Crippen molar-refractivity contribution in [3.05, 3.63) is 28.8 Å². The third-order valence-corrected chi connectivity index (χ3v) is 4.54. The molecule has 1 aliphatic heterocycles. The monoisotopic (exact) mass is 269 g/mol. The molecular weight excluding hydrogens is 254 g/mol. The Kier molecular flexibility index (Phi) is 3.84. The van der Waals surface area contributed by atoms with E-state index in [0.717, 1.165) is 11.4 Å². The van der Waals surface area contributed by atoms with Crippen LogP contribution in [0.4, 0.5) is 5.69 Å². The average molecular weight is 270 g/mol. The van der Waals surface area contributed by atoms with Crippen molar-refractivity contribution in [1.82, 2.24) is 0 Å². The zero-order chi connectivity index (χ0) is 12.4. The van der Waals surface area contributed by atoms with Gasteiger partial charge in [0.1, 0.15) is 5.84 Å². The molecular formula is C12H16ClN3S. The highest BCUT2D eigenvalue weighted by Crippen LogP contribution is 2.31. The topological polar surface area (TPSA) is 53.1 Å². The zero-order valence-electron chi connectivity index (χ0n) is 9.74. The Labute approximate surface area is 111 Å². The zero-order valence-corrected chi connectivity index (χ0v) is 11.3. The van der Waals surface area contributed by atoms with E-state index in [1.807, 2.05) is 23.9 Å². The van der Waals surface area contributed by atoms with E-state index in [1.165, 1.54) is 12.2 Å². The summed E-state index contributed by atoms with van der Waals surface area (Å²) in [7, 11) is 2.07. The lowest BCUT2D eigenvalue weighted by Gasteiger charge is -2.27. The molecule has 0 aromatic heterocycles. The molecule has 2 rings (SSSR count). The van der Waals surface area contributed by atoms with Crippen LogP contribution in [0.25, 0.3) is 0 Å². The number of hydrogen-bond donors (Lipinski definition) is 2. The SMILES string of the molecule is CN(c1ccc(C(=N)N)cc1Cl)C1CCSC1. The fourth-order valence-electron chi connectivity index (χ4n) is 1.98. The molecule has 0 radical (unpaired) electrons. The van der Waals surface area contributed by atoms with Crippen LogP contribution in [0.5, 0.6) is 0 Å². The molecule has 0 amide bonds. The van der Waals surface area contributed by atoms with Gasteiger partial charge in [0, 0.05) is 24.4 Å². The third kappa shape index (κ3) is 2.69. The number of nitrogens with one attached hydrogen (secondary N) is 1. The lowest BCUT2D eigenvalue weighted by molar-refractivity contribution is 0.700. The maximum Gasteiger partial charge on any atom is 0.122 e. The minimum Gasteiger partial charge on any atom is -0.384 e. The first kappa shape index (κ1) is 12.6. The summed E-state index contributed by atoms with van der Waals surface area (Å²) in [6, 6.07) is 6.11. The Morgan fingerprint density at radius 2 is 2.35 bits per heavy atom. The molecule has 5 heteroatoms. The van der Waals surface area contributed by atoms with E-state index in [9.17, 15) is 0 Å². The average Bonchev–Trinajstić information content (AvgIpc) is 2.81. The minimum absolute atomic E-state index is 0.0533. The lowest BCUT2D eigenvalue weighted by atomic mass is 10.1. The third-order valence-electron chi connectivity index (χ3n) is 3.09. The first-order chi connectivity index (χ1) is 8.09. The second-order valence-electron chi connectivity index (χ2n) is 4.21. The van der Waals surface area contributed by atoms with Gasteiger partial charge in [-0.05, 0) is 30.4 Å². The van der Waals surface area contributed by atoms with Gasteiger partial charge in [0.25, 0.3) is 0 Å². The summed E-state index contributed by atoms with van der Waals surface area (Å²) in [6.45, 7) is 0. The molecule has 17 heavy (non-hydrogen) atoms. The van der Waals surface area contributed by atoms with E-state index in [0.29, 0.717) is 16.6 Å². The van der Waals surface area contributed by atoms with E-state index in [2.05, 4.69) is 11.9 Å². The molecule has 1 aromatic carbocycles. The van der Waals surface area contributed by atoms with Crippen LogP contribution in [0.15, 0.2) is 18.2 Å². The number of rotatable bonds is 3. The second-order valence-corrected chi connectivity index (χ2v) is 5.77. The highest BCUT2D eigenvalue weighted by Gasteiger charge is 2.21. The van der Waals surface area contributed by atoms with Gasteiger partial charge in [-0.3, -0.25) is 5.41 Å². The van der Waals surface area contributed by atoms with E-state index < -0.39 is 0 Å². The molecule has 0 aliphatic carbocycles. The summed E-state index contributed by atoms with van der Waals surface area (Å²) in [5.74, 6) is 2.43. The molecule has 1 aliphatic rings. The second kappa shape index (κ2) is 5.19. The fourth-order valence-corrected chi connectivity index (χ4v) is 3.57. The van der Waals surface area contributed by atoms with Gasteiger partial charge in [0.2, 0.25) is 0 Å². The number of benzene rings is 1.